The molecule has 1 heterocycles. The quantitative estimate of drug-likeness (QED) is 0.712. The van der Waals surface area contributed by atoms with Crippen LogP contribution in [0, 0.1) is 5.82 Å². The predicted octanol–water partition coefficient (Wildman–Crippen LogP) is -0.0404. The normalized spacial score (nSPS) is 15.6. The van der Waals surface area contributed by atoms with Crippen molar-refractivity contribution < 1.29 is 14.0 Å². The minimum Gasteiger partial charge on any atom is -0.366 e. The molecule has 6 heteroatoms. The van der Waals surface area contributed by atoms with Crippen LogP contribution >= 0.6 is 0 Å². The van der Waals surface area contributed by atoms with Crippen molar-refractivity contribution in [2.75, 3.05) is 31.1 Å². The maximum absolute atomic E-state index is 13.6. The molecule has 1 aliphatic heterocycles. The van der Waals surface area contributed by atoms with E-state index in [0.717, 1.165) is 0 Å². The summed E-state index contributed by atoms with van der Waals surface area (Å²) in [6.07, 6.45) is 0. The largest absolute Gasteiger partial charge is 0.366 e. The predicted molar refractivity (Wildman–Crippen MR) is 64.4 cm³/mol. The van der Waals surface area contributed by atoms with Crippen LogP contribution in [0.1, 0.15) is 0 Å². The number of hydrogen-bond donors (Lipinski definition) is 1. The van der Waals surface area contributed by atoms with Gasteiger partial charge < -0.3 is 15.5 Å². The van der Waals surface area contributed by atoms with E-state index in [2.05, 4.69) is 0 Å². The van der Waals surface area contributed by atoms with E-state index in [9.17, 15) is 14.0 Å². The molecule has 1 aromatic rings. The Morgan fingerprint density at radius 1 is 1.11 bits per heavy atom. The van der Waals surface area contributed by atoms with E-state index in [0.29, 0.717) is 31.9 Å². The Morgan fingerprint density at radius 2 is 1.72 bits per heavy atom. The molecule has 0 aliphatic carbocycles. The average Bonchev–Trinajstić information content (AvgIpc) is 2.38. The zero-order chi connectivity index (χ0) is 13.1. The first-order valence-corrected chi connectivity index (χ1v) is 5.68. The first-order valence-electron chi connectivity index (χ1n) is 5.68. The van der Waals surface area contributed by atoms with Gasteiger partial charge in [0.1, 0.15) is 5.82 Å². The van der Waals surface area contributed by atoms with E-state index in [1.807, 2.05) is 4.90 Å². The molecule has 2 amide bonds. The fourth-order valence-corrected chi connectivity index (χ4v) is 2.01. The van der Waals surface area contributed by atoms with Crippen LogP contribution in [0.2, 0.25) is 0 Å². The summed E-state index contributed by atoms with van der Waals surface area (Å²) in [6.45, 7) is 1.71. The number of hydrogen-bond acceptors (Lipinski definition) is 3. The van der Waals surface area contributed by atoms with E-state index in [4.69, 9.17) is 5.73 Å². The van der Waals surface area contributed by atoms with E-state index >= 15 is 0 Å². The molecular formula is C12H14FN3O2. The van der Waals surface area contributed by atoms with Crippen molar-refractivity contribution in [3.05, 3.63) is 30.1 Å². The summed E-state index contributed by atoms with van der Waals surface area (Å²) in [4.78, 5) is 25.4. The van der Waals surface area contributed by atoms with Gasteiger partial charge in [-0.05, 0) is 12.1 Å². The molecule has 0 saturated carbocycles. The Hall–Kier alpha value is -2.11. The van der Waals surface area contributed by atoms with Gasteiger partial charge in [0, 0.05) is 26.2 Å². The SMILES string of the molecule is NC(=O)C(=O)N1CCN(c2ccccc2F)CC1. The highest BCUT2D eigenvalue weighted by molar-refractivity contribution is 6.34. The molecule has 18 heavy (non-hydrogen) atoms. The van der Waals surface area contributed by atoms with Crippen molar-refractivity contribution in [3.8, 4) is 0 Å². The Morgan fingerprint density at radius 3 is 2.28 bits per heavy atom. The lowest BCUT2D eigenvalue weighted by molar-refractivity contribution is -0.144. The molecule has 0 radical (unpaired) electrons. The van der Waals surface area contributed by atoms with Crippen LogP contribution in [0.15, 0.2) is 24.3 Å². The van der Waals surface area contributed by atoms with Gasteiger partial charge in [0.05, 0.1) is 5.69 Å². The van der Waals surface area contributed by atoms with Gasteiger partial charge in [-0.1, -0.05) is 12.1 Å². The first kappa shape index (κ1) is 12.3. The number of halogens is 1. The first-order chi connectivity index (χ1) is 8.59. The number of carbonyl (C=O) groups is 2. The molecule has 0 unspecified atom stereocenters. The molecule has 0 atom stereocenters. The van der Waals surface area contributed by atoms with Crippen molar-refractivity contribution in [2.45, 2.75) is 0 Å². The topological polar surface area (TPSA) is 66.6 Å². The van der Waals surface area contributed by atoms with Crippen molar-refractivity contribution in [3.63, 3.8) is 0 Å². The molecule has 96 valence electrons. The second-order valence-electron chi connectivity index (χ2n) is 4.09. The third kappa shape index (κ3) is 2.42. The van der Waals surface area contributed by atoms with Crippen LogP contribution in [0.4, 0.5) is 10.1 Å². The Balaban J connectivity index is 2.01. The summed E-state index contributed by atoms with van der Waals surface area (Å²) in [7, 11) is 0. The molecular weight excluding hydrogens is 237 g/mol. The smallest absolute Gasteiger partial charge is 0.311 e. The summed E-state index contributed by atoms with van der Waals surface area (Å²) in [5.41, 5.74) is 5.45. The number of primary amides is 1. The Labute approximate surface area is 104 Å². The lowest BCUT2D eigenvalue weighted by Crippen LogP contribution is -2.52. The van der Waals surface area contributed by atoms with Gasteiger partial charge in [-0.3, -0.25) is 9.59 Å². The molecule has 1 aliphatic rings. The maximum Gasteiger partial charge on any atom is 0.311 e. The van der Waals surface area contributed by atoms with Crippen molar-refractivity contribution in [1.29, 1.82) is 0 Å². The summed E-state index contributed by atoms with van der Waals surface area (Å²) in [6, 6.07) is 6.49. The second-order valence-corrected chi connectivity index (χ2v) is 4.09. The van der Waals surface area contributed by atoms with Crippen LogP contribution in [0.25, 0.3) is 0 Å². The van der Waals surface area contributed by atoms with Gasteiger partial charge in [-0.15, -0.1) is 0 Å². The number of piperazine rings is 1. The van der Waals surface area contributed by atoms with Gasteiger partial charge in [-0.25, -0.2) is 4.39 Å². The Bertz CT molecular complexity index is 470. The molecule has 1 aromatic carbocycles. The molecule has 0 spiro atoms. The highest BCUT2D eigenvalue weighted by Gasteiger charge is 2.25. The number of benzene rings is 1. The van der Waals surface area contributed by atoms with Gasteiger partial charge in [0.2, 0.25) is 0 Å². The van der Waals surface area contributed by atoms with Crippen molar-refractivity contribution in [1.82, 2.24) is 4.90 Å². The van der Waals surface area contributed by atoms with Crippen LogP contribution < -0.4 is 10.6 Å². The molecule has 0 aromatic heterocycles. The summed E-state index contributed by atoms with van der Waals surface area (Å²) in [5.74, 6) is -1.91. The molecule has 0 bridgehead atoms. The molecule has 2 N–H and O–H groups in total. The van der Waals surface area contributed by atoms with Gasteiger partial charge in [0.15, 0.2) is 0 Å². The second kappa shape index (κ2) is 5.03. The molecule has 1 saturated heterocycles. The highest BCUT2D eigenvalue weighted by Crippen LogP contribution is 2.19. The highest BCUT2D eigenvalue weighted by atomic mass is 19.1. The third-order valence-electron chi connectivity index (χ3n) is 2.97. The van der Waals surface area contributed by atoms with Crippen molar-refractivity contribution >= 4 is 17.5 Å². The number of nitrogens with two attached hydrogens (primary N) is 1. The zero-order valence-electron chi connectivity index (χ0n) is 9.80. The van der Waals surface area contributed by atoms with Crippen LogP contribution in [-0.2, 0) is 9.59 Å². The van der Waals surface area contributed by atoms with Crippen molar-refractivity contribution in [2.24, 2.45) is 5.73 Å². The lowest BCUT2D eigenvalue weighted by Gasteiger charge is -2.35. The number of nitrogens with zero attached hydrogens (tertiary/aromatic N) is 2. The van der Waals surface area contributed by atoms with E-state index in [-0.39, 0.29) is 5.82 Å². The monoisotopic (exact) mass is 251 g/mol. The van der Waals surface area contributed by atoms with Crippen LogP contribution in [0.3, 0.4) is 0 Å². The number of para-hydroxylation sites is 1. The molecule has 2 rings (SSSR count). The Kier molecular flexibility index (Phi) is 3.45. The lowest BCUT2D eigenvalue weighted by atomic mass is 10.2. The molecule has 5 nitrogen and oxygen atoms in total. The average molecular weight is 251 g/mol. The summed E-state index contributed by atoms with van der Waals surface area (Å²) in [5, 5.41) is 0. The third-order valence-corrected chi connectivity index (χ3v) is 2.97. The number of rotatable bonds is 1. The fourth-order valence-electron chi connectivity index (χ4n) is 2.01. The van der Waals surface area contributed by atoms with Crippen LogP contribution in [0.5, 0.6) is 0 Å². The van der Waals surface area contributed by atoms with Gasteiger partial charge in [0.25, 0.3) is 0 Å². The summed E-state index contributed by atoms with van der Waals surface area (Å²) < 4.78 is 13.6. The zero-order valence-corrected chi connectivity index (χ0v) is 9.80. The fraction of sp³-hybridized carbons (Fsp3) is 0.333. The number of carbonyl (C=O) groups excluding carboxylic acids is 2. The summed E-state index contributed by atoms with van der Waals surface area (Å²) >= 11 is 0. The molecule has 1 fully saturated rings. The standard InChI is InChI=1S/C12H14FN3O2/c13-9-3-1-2-4-10(9)15-5-7-16(8-6-15)12(18)11(14)17/h1-4H,5-8H2,(H2,14,17). The van der Waals surface area contributed by atoms with E-state index < -0.39 is 11.8 Å². The maximum atomic E-state index is 13.6. The van der Waals surface area contributed by atoms with Gasteiger partial charge in [-0.2, -0.15) is 0 Å². The van der Waals surface area contributed by atoms with Gasteiger partial charge >= 0.3 is 11.8 Å². The number of anilines is 1. The van der Waals surface area contributed by atoms with Crippen LogP contribution in [-0.4, -0.2) is 42.9 Å². The van der Waals surface area contributed by atoms with E-state index in [1.165, 1.54) is 11.0 Å². The van der Waals surface area contributed by atoms with E-state index in [1.54, 1.807) is 18.2 Å². The minimum absolute atomic E-state index is 0.285. The minimum atomic E-state index is -0.950. The number of amides is 2.